The number of aromatic nitrogens is 4. The lowest BCUT2D eigenvalue weighted by molar-refractivity contribution is 0.160. The lowest BCUT2D eigenvalue weighted by atomic mass is 9.95. The number of hydrogen-bond acceptors (Lipinski definition) is 8. The molecule has 172 valence electrons. The van der Waals surface area contributed by atoms with E-state index < -0.39 is 6.10 Å². The molecule has 0 amide bonds. The average molecular weight is 486 g/mol. The van der Waals surface area contributed by atoms with Gasteiger partial charge in [-0.3, -0.25) is 4.57 Å². The molecule has 0 aromatic carbocycles. The van der Waals surface area contributed by atoms with E-state index in [4.69, 9.17) is 16.3 Å². The Kier molecular flexibility index (Phi) is 6.18. The maximum absolute atomic E-state index is 12.7. The van der Waals surface area contributed by atoms with Crippen LogP contribution in [0.3, 0.4) is 0 Å². The van der Waals surface area contributed by atoms with E-state index in [2.05, 4.69) is 21.0 Å². The van der Waals surface area contributed by atoms with Crippen molar-refractivity contribution in [3.8, 4) is 5.88 Å². The molecule has 3 aromatic heterocycles. The van der Waals surface area contributed by atoms with Gasteiger partial charge in [0.25, 0.3) is 0 Å². The smallest absolute Gasteiger partial charge is 0.352 e. The molecule has 2 atom stereocenters. The highest BCUT2D eigenvalue weighted by atomic mass is 35.5. The molecule has 1 unspecified atom stereocenters. The van der Waals surface area contributed by atoms with Gasteiger partial charge in [0.15, 0.2) is 0 Å². The fourth-order valence-corrected chi connectivity index (χ4v) is 5.75. The van der Waals surface area contributed by atoms with Crippen LogP contribution in [0.25, 0.3) is 0 Å². The van der Waals surface area contributed by atoms with E-state index >= 15 is 0 Å². The number of methoxy groups -OCH3 is 1. The second-order valence-electron chi connectivity index (χ2n) is 8.25. The topological polar surface area (TPSA) is 93.4 Å². The molecule has 0 radical (unpaired) electrons. The number of hydrogen-bond donors (Lipinski definition) is 1. The monoisotopic (exact) mass is 485 g/mol. The SMILES string of the molecule is COc1nc(C2C=CN(c3ncn(Cc4cc5c(s4)CCCC5)c(=O)n3)C[C@@H]2O)ccc1Cl. The lowest BCUT2D eigenvalue weighted by Crippen LogP contribution is -2.38. The fourth-order valence-electron chi connectivity index (χ4n) is 4.31. The molecule has 1 aliphatic carbocycles. The highest BCUT2D eigenvalue weighted by molar-refractivity contribution is 7.12. The van der Waals surface area contributed by atoms with Gasteiger partial charge >= 0.3 is 5.69 Å². The molecular formula is C23H24ClN5O3S. The number of anilines is 1. The first-order valence-electron chi connectivity index (χ1n) is 10.9. The van der Waals surface area contributed by atoms with E-state index in [9.17, 15) is 9.90 Å². The molecule has 10 heteroatoms. The van der Waals surface area contributed by atoms with Gasteiger partial charge in [-0.15, -0.1) is 11.3 Å². The van der Waals surface area contributed by atoms with Gasteiger partial charge in [0.2, 0.25) is 11.8 Å². The van der Waals surface area contributed by atoms with Gasteiger partial charge in [0, 0.05) is 21.9 Å². The Hall–Kier alpha value is -2.75. The summed E-state index contributed by atoms with van der Waals surface area (Å²) in [6.07, 6.45) is 9.08. The zero-order valence-corrected chi connectivity index (χ0v) is 19.7. The van der Waals surface area contributed by atoms with Crippen molar-refractivity contribution in [2.45, 2.75) is 44.2 Å². The first-order valence-corrected chi connectivity index (χ1v) is 12.1. The molecule has 33 heavy (non-hydrogen) atoms. The van der Waals surface area contributed by atoms with Crippen LogP contribution in [0.2, 0.25) is 5.02 Å². The van der Waals surface area contributed by atoms with Gasteiger partial charge in [-0.05, 0) is 49.4 Å². The Labute approximate surface area is 200 Å². The standard InChI is InChI=1S/C23H24ClN5O3S/c1-32-21-17(24)6-7-18(26-21)16-8-9-28(12-19(16)30)22-25-13-29(23(31)27-22)11-15-10-14-4-2-3-5-20(14)33-15/h6-10,13,16,19,30H,2-5,11-12H2,1H3/t16?,19-/m0/s1. The molecule has 2 aliphatic rings. The van der Waals surface area contributed by atoms with Crippen molar-refractivity contribution < 1.29 is 9.84 Å². The van der Waals surface area contributed by atoms with Gasteiger partial charge in [0.05, 0.1) is 32.0 Å². The molecule has 1 N–H and O–H groups in total. The van der Waals surface area contributed by atoms with Crippen molar-refractivity contribution >= 4 is 28.9 Å². The third kappa shape index (κ3) is 4.53. The quantitative estimate of drug-likeness (QED) is 0.593. The number of β-amino-alcohol motifs (C(OH)–C–C–N with tert-alkyl or cyclic N) is 1. The van der Waals surface area contributed by atoms with Crippen molar-refractivity contribution in [1.29, 1.82) is 0 Å². The number of aliphatic hydroxyl groups is 1. The van der Waals surface area contributed by atoms with Crippen LogP contribution in [0.1, 0.15) is 39.8 Å². The third-order valence-electron chi connectivity index (χ3n) is 6.03. The summed E-state index contributed by atoms with van der Waals surface area (Å²) < 4.78 is 6.70. The van der Waals surface area contributed by atoms with Crippen molar-refractivity contribution in [2.24, 2.45) is 0 Å². The zero-order chi connectivity index (χ0) is 22.9. The summed E-state index contributed by atoms with van der Waals surface area (Å²) in [6, 6.07) is 5.67. The fraction of sp³-hybridized carbons (Fsp3) is 0.391. The largest absolute Gasteiger partial charge is 0.480 e. The van der Waals surface area contributed by atoms with E-state index in [1.165, 1.54) is 41.3 Å². The Morgan fingerprint density at radius 1 is 1.27 bits per heavy atom. The maximum atomic E-state index is 12.7. The van der Waals surface area contributed by atoms with E-state index in [0.29, 0.717) is 23.1 Å². The summed E-state index contributed by atoms with van der Waals surface area (Å²) in [7, 11) is 1.50. The number of pyridine rings is 1. The van der Waals surface area contributed by atoms with Crippen LogP contribution in [0, 0.1) is 0 Å². The van der Waals surface area contributed by atoms with Crippen molar-refractivity contribution in [1.82, 2.24) is 19.5 Å². The number of rotatable bonds is 5. The Balaban J connectivity index is 1.32. The molecule has 0 fully saturated rings. The molecule has 5 rings (SSSR count). The van der Waals surface area contributed by atoms with Gasteiger partial charge in [-0.25, -0.2) is 14.8 Å². The lowest BCUT2D eigenvalue weighted by Gasteiger charge is -2.30. The Morgan fingerprint density at radius 3 is 2.88 bits per heavy atom. The highest BCUT2D eigenvalue weighted by Crippen LogP contribution is 2.31. The van der Waals surface area contributed by atoms with Gasteiger partial charge in [-0.1, -0.05) is 17.7 Å². The molecule has 1 aliphatic heterocycles. The summed E-state index contributed by atoms with van der Waals surface area (Å²) in [5, 5.41) is 11.2. The van der Waals surface area contributed by atoms with E-state index in [1.807, 2.05) is 6.08 Å². The number of halogens is 1. The van der Waals surface area contributed by atoms with Gasteiger partial charge in [0.1, 0.15) is 11.3 Å². The van der Waals surface area contributed by atoms with Crippen LogP contribution >= 0.6 is 22.9 Å². The first kappa shape index (κ1) is 22.1. The molecule has 0 saturated heterocycles. The van der Waals surface area contributed by atoms with E-state index in [0.717, 1.165) is 17.7 Å². The summed E-state index contributed by atoms with van der Waals surface area (Å²) >= 11 is 7.84. The number of aryl methyl sites for hydroxylation is 2. The summed E-state index contributed by atoms with van der Waals surface area (Å²) in [5.41, 5.74) is 1.71. The van der Waals surface area contributed by atoms with Crippen molar-refractivity contribution in [3.63, 3.8) is 0 Å². The minimum Gasteiger partial charge on any atom is -0.480 e. The molecule has 0 bridgehead atoms. The molecule has 0 saturated carbocycles. The molecule has 0 spiro atoms. The summed E-state index contributed by atoms with van der Waals surface area (Å²) in [6.45, 7) is 0.705. The minimum absolute atomic E-state index is 0.231. The normalized spacial score (nSPS) is 20.0. The number of thiophene rings is 1. The molecular weight excluding hydrogens is 462 g/mol. The van der Waals surface area contributed by atoms with Crippen LogP contribution in [0.15, 0.2) is 41.6 Å². The first-order chi connectivity index (χ1) is 16.0. The van der Waals surface area contributed by atoms with Crippen LogP contribution in [0.5, 0.6) is 5.88 Å². The third-order valence-corrected chi connectivity index (χ3v) is 7.54. The average Bonchev–Trinajstić information content (AvgIpc) is 3.23. The highest BCUT2D eigenvalue weighted by Gasteiger charge is 2.28. The van der Waals surface area contributed by atoms with Crippen LogP contribution in [-0.4, -0.2) is 44.4 Å². The predicted octanol–water partition coefficient (Wildman–Crippen LogP) is 3.16. The Morgan fingerprint density at radius 2 is 2.12 bits per heavy atom. The minimum atomic E-state index is -0.767. The number of fused-ring (bicyclic) bond motifs is 1. The van der Waals surface area contributed by atoms with E-state index in [1.54, 1.807) is 34.6 Å². The number of nitrogens with zero attached hydrogens (tertiary/aromatic N) is 5. The van der Waals surface area contributed by atoms with Gasteiger partial charge in [-0.2, -0.15) is 4.98 Å². The molecule has 3 aromatic rings. The maximum Gasteiger partial charge on any atom is 0.352 e. The second-order valence-corrected chi connectivity index (χ2v) is 9.88. The predicted molar refractivity (Wildman–Crippen MR) is 127 cm³/mol. The number of aliphatic hydroxyl groups excluding tert-OH is 1. The summed E-state index contributed by atoms with van der Waals surface area (Å²) in [4.78, 5) is 29.9. The Bertz CT molecular complexity index is 1230. The van der Waals surface area contributed by atoms with Crippen molar-refractivity contribution in [2.75, 3.05) is 18.6 Å². The van der Waals surface area contributed by atoms with Crippen LogP contribution < -0.4 is 15.3 Å². The van der Waals surface area contributed by atoms with Crippen LogP contribution in [0.4, 0.5) is 5.95 Å². The molecule has 4 heterocycles. The second kappa shape index (κ2) is 9.24. The van der Waals surface area contributed by atoms with Crippen LogP contribution in [-0.2, 0) is 19.4 Å². The summed E-state index contributed by atoms with van der Waals surface area (Å²) in [5.74, 6) is 0.241. The molecule has 8 nitrogen and oxygen atoms in total. The number of ether oxygens (including phenoxy) is 1. The van der Waals surface area contributed by atoms with Crippen molar-refractivity contribution in [3.05, 3.63) is 73.3 Å². The van der Waals surface area contributed by atoms with Gasteiger partial charge < -0.3 is 14.7 Å². The zero-order valence-electron chi connectivity index (χ0n) is 18.1. The van der Waals surface area contributed by atoms with E-state index in [-0.39, 0.29) is 24.1 Å².